The Morgan fingerprint density at radius 2 is 2.14 bits per heavy atom. The van der Waals surface area contributed by atoms with Gasteiger partial charge in [-0.1, -0.05) is 13.3 Å². The Hall–Kier alpha value is -0.650. The van der Waals surface area contributed by atoms with Crippen molar-refractivity contribution in [3.8, 4) is 0 Å². The number of carbonyl (C=O) groups is 1. The SMILES string of the molecule is CCNC(C)(CCN1CC2CCCCN2CC1C)C(=O)O. The van der Waals surface area contributed by atoms with Gasteiger partial charge in [0.2, 0.25) is 0 Å². The molecular weight excluding hydrogens is 266 g/mol. The number of fused-ring (bicyclic) bond motifs is 1. The molecule has 0 amide bonds. The fourth-order valence-electron chi connectivity index (χ4n) is 3.75. The number of rotatable bonds is 6. The van der Waals surface area contributed by atoms with Gasteiger partial charge in [0, 0.05) is 31.7 Å². The van der Waals surface area contributed by atoms with Crippen molar-refractivity contribution in [2.24, 2.45) is 0 Å². The van der Waals surface area contributed by atoms with Crippen LogP contribution in [0.25, 0.3) is 0 Å². The third-order valence-electron chi connectivity index (χ3n) is 5.25. The van der Waals surface area contributed by atoms with Gasteiger partial charge in [-0.3, -0.25) is 14.6 Å². The molecule has 0 aromatic heterocycles. The maximum atomic E-state index is 11.5. The molecule has 0 aromatic carbocycles. The largest absolute Gasteiger partial charge is 0.480 e. The molecule has 2 heterocycles. The Morgan fingerprint density at radius 3 is 2.81 bits per heavy atom. The summed E-state index contributed by atoms with van der Waals surface area (Å²) in [5.41, 5.74) is -0.807. The minimum atomic E-state index is -0.807. The van der Waals surface area contributed by atoms with Crippen molar-refractivity contribution in [1.29, 1.82) is 0 Å². The molecule has 0 bridgehead atoms. The van der Waals surface area contributed by atoms with Gasteiger partial charge in [0.1, 0.15) is 5.54 Å². The van der Waals surface area contributed by atoms with Crippen LogP contribution in [0.15, 0.2) is 0 Å². The van der Waals surface area contributed by atoms with Crippen LogP contribution >= 0.6 is 0 Å². The van der Waals surface area contributed by atoms with Gasteiger partial charge in [0.25, 0.3) is 0 Å². The van der Waals surface area contributed by atoms with Crippen LogP contribution in [0.1, 0.15) is 46.5 Å². The van der Waals surface area contributed by atoms with Crippen molar-refractivity contribution < 1.29 is 9.90 Å². The summed E-state index contributed by atoms with van der Waals surface area (Å²) in [6, 6.07) is 1.21. The summed E-state index contributed by atoms with van der Waals surface area (Å²) in [7, 11) is 0. The van der Waals surface area contributed by atoms with E-state index < -0.39 is 11.5 Å². The van der Waals surface area contributed by atoms with Crippen LogP contribution < -0.4 is 5.32 Å². The van der Waals surface area contributed by atoms with Crippen LogP contribution in [0.4, 0.5) is 0 Å². The molecule has 0 saturated carbocycles. The third-order valence-corrected chi connectivity index (χ3v) is 5.25. The van der Waals surface area contributed by atoms with Crippen LogP contribution in [0.2, 0.25) is 0 Å². The highest BCUT2D eigenvalue weighted by Crippen LogP contribution is 2.25. The Balaban J connectivity index is 1.91. The smallest absolute Gasteiger partial charge is 0.323 e. The third kappa shape index (κ3) is 3.96. The summed E-state index contributed by atoms with van der Waals surface area (Å²) >= 11 is 0. The highest BCUT2D eigenvalue weighted by atomic mass is 16.4. The molecule has 3 atom stereocenters. The van der Waals surface area contributed by atoms with Crippen molar-refractivity contribution in [2.45, 2.75) is 64.1 Å². The van der Waals surface area contributed by atoms with Crippen molar-refractivity contribution >= 4 is 5.97 Å². The number of nitrogens with one attached hydrogen (secondary N) is 1. The minimum Gasteiger partial charge on any atom is -0.480 e. The lowest BCUT2D eigenvalue weighted by atomic mass is 9.94. The van der Waals surface area contributed by atoms with E-state index in [0.717, 1.165) is 19.6 Å². The van der Waals surface area contributed by atoms with E-state index in [1.54, 1.807) is 6.92 Å². The Labute approximate surface area is 128 Å². The summed E-state index contributed by atoms with van der Waals surface area (Å²) in [5, 5.41) is 12.6. The van der Waals surface area contributed by atoms with E-state index in [1.807, 2.05) is 6.92 Å². The first-order valence-electron chi connectivity index (χ1n) is 8.43. The van der Waals surface area contributed by atoms with Crippen LogP contribution in [0, 0.1) is 0 Å². The van der Waals surface area contributed by atoms with Gasteiger partial charge in [-0.15, -0.1) is 0 Å². The number of nitrogens with zero attached hydrogens (tertiary/aromatic N) is 2. The number of piperazine rings is 1. The molecule has 2 rings (SSSR count). The monoisotopic (exact) mass is 297 g/mol. The first kappa shape index (κ1) is 16.7. The molecule has 0 radical (unpaired) electrons. The molecule has 2 fully saturated rings. The first-order valence-corrected chi connectivity index (χ1v) is 8.43. The molecule has 2 saturated heterocycles. The fourth-order valence-corrected chi connectivity index (χ4v) is 3.75. The van der Waals surface area contributed by atoms with E-state index in [0.29, 0.717) is 25.0 Å². The minimum absolute atomic E-state index is 0.527. The van der Waals surface area contributed by atoms with E-state index in [9.17, 15) is 9.90 Å². The van der Waals surface area contributed by atoms with Crippen molar-refractivity contribution in [1.82, 2.24) is 15.1 Å². The maximum absolute atomic E-state index is 11.5. The number of carboxylic acid groups (broad SMARTS) is 1. The van der Waals surface area contributed by atoms with Crippen molar-refractivity contribution in [3.05, 3.63) is 0 Å². The number of piperidine rings is 1. The second kappa shape index (κ2) is 7.07. The molecule has 2 N–H and O–H groups in total. The Kier molecular flexibility index (Phi) is 5.63. The van der Waals surface area contributed by atoms with Crippen LogP contribution in [-0.2, 0) is 4.79 Å². The molecule has 2 aliphatic heterocycles. The number of aliphatic carboxylic acids is 1. The molecule has 0 aliphatic carbocycles. The fraction of sp³-hybridized carbons (Fsp3) is 0.938. The summed E-state index contributed by atoms with van der Waals surface area (Å²) in [6.07, 6.45) is 4.63. The first-order chi connectivity index (χ1) is 9.96. The molecule has 0 spiro atoms. The molecule has 21 heavy (non-hydrogen) atoms. The topological polar surface area (TPSA) is 55.8 Å². The molecule has 5 heteroatoms. The lowest BCUT2D eigenvalue weighted by molar-refractivity contribution is -0.144. The normalized spacial score (nSPS) is 30.6. The second-order valence-electron chi connectivity index (χ2n) is 6.91. The van der Waals surface area contributed by atoms with Gasteiger partial charge in [0.05, 0.1) is 0 Å². The molecule has 5 nitrogen and oxygen atoms in total. The van der Waals surface area contributed by atoms with Gasteiger partial charge in [0.15, 0.2) is 0 Å². The summed E-state index contributed by atoms with van der Waals surface area (Å²) in [4.78, 5) is 16.6. The average Bonchev–Trinajstić information content (AvgIpc) is 2.45. The number of likely N-dealkylation sites (N-methyl/N-ethyl adjacent to an activating group) is 1. The van der Waals surface area contributed by atoms with Gasteiger partial charge in [-0.05, 0) is 46.2 Å². The predicted molar refractivity (Wildman–Crippen MR) is 84.6 cm³/mol. The average molecular weight is 297 g/mol. The lowest BCUT2D eigenvalue weighted by Gasteiger charge is -2.48. The number of carboxylic acids is 1. The van der Waals surface area contributed by atoms with Gasteiger partial charge >= 0.3 is 5.97 Å². The van der Waals surface area contributed by atoms with E-state index in [4.69, 9.17) is 0 Å². The summed E-state index contributed by atoms with van der Waals surface area (Å²) in [5.74, 6) is -0.742. The van der Waals surface area contributed by atoms with Gasteiger partial charge in [-0.25, -0.2) is 0 Å². The molecule has 3 unspecified atom stereocenters. The zero-order valence-corrected chi connectivity index (χ0v) is 13.8. The number of hydrogen-bond acceptors (Lipinski definition) is 4. The highest BCUT2D eigenvalue weighted by molar-refractivity contribution is 5.78. The van der Waals surface area contributed by atoms with Crippen LogP contribution in [-0.4, -0.2) is 71.2 Å². The maximum Gasteiger partial charge on any atom is 0.323 e. The molecular formula is C16H31N3O2. The van der Waals surface area contributed by atoms with Gasteiger partial charge in [-0.2, -0.15) is 0 Å². The molecule has 122 valence electrons. The quantitative estimate of drug-likeness (QED) is 0.776. The van der Waals surface area contributed by atoms with Gasteiger partial charge < -0.3 is 10.4 Å². The van der Waals surface area contributed by atoms with E-state index in [2.05, 4.69) is 22.0 Å². The zero-order chi connectivity index (χ0) is 15.5. The summed E-state index contributed by atoms with van der Waals surface area (Å²) in [6.45, 7) is 11.1. The van der Waals surface area contributed by atoms with Crippen molar-refractivity contribution in [2.75, 3.05) is 32.7 Å². The second-order valence-corrected chi connectivity index (χ2v) is 6.91. The van der Waals surface area contributed by atoms with E-state index in [-0.39, 0.29) is 0 Å². The van der Waals surface area contributed by atoms with Crippen LogP contribution in [0.3, 0.4) is 0 Å². The van der Waals surface area contributed by atoms with E-state index >= 15 is 0 Å². The molecule has 0 aromatic rings. The summed E-state index contributed by atoms with van der Waals surface area (Å²) < 4.78 is 0. The standard InChI is InChI=1S/C16H31N3O2/c1-4-17-16(3,15(20)21)8-10-18-12-14-7-5-6-9-19(14)11-13(18)2/h13-14,17H,4-12H2,1-3H3,(H,20,21). The molecule has 2 aliphatic rings. The number of hydrogen-bond donors (Lipinski definition) is 2. The lowest BCUT2D eigenvalue weighted by Crippen LogP contribution is -2.60. The Morgan fingerprint density at radius 1 is 1.38 bits per heavy atom. The van der Waals surface area contributed by atoms with E-state index in [1.165, 1.54) is 25.8 Å². The Bertz CT molecular complexity index is 363. The van der Waals surface area contributed by atoms with Crippen molar-refractivity contribution in [3.63, 3.8) is 0 Å². The zero-order valence-electron chi connectivity index (χ0n) is 13.8. The van der Waals surface area contributed by atoms with Crippen LogP contribution in [0.5, 0.6) is 0 Å². The predicted octanol–water partition coefficient (Wildman–Crippen LogP) is 1.39. The highest BCUT2D eigenvalue weighted by Gasteiger charge is 2.36.